The normalized spacial score (nSPS) is 21.5. The van der Waals surface area contributed by atoms with Gasteiger partial charge in [0.15, 0.2) is 5.82 Å². The average molecular weight is 395 g/mol. The van der Waals surface area contributed by atoms with Gasteiger partial charge in [0.05, 0.1) is 11.6 Å². The highest BCUT2D eigenvalue weighted by Crippen LogP contribution is 2.37. The van der Waals surface area contributed by atoms with Crippen LogP contribution < -0.4 is 10.2 Å². The molecule has 1 N–H and O–H groups in total. The third kappa shape index (κ3) is 3.61. The van der Waals surface area contributed by atoms with E-state index in [0.717, 1.165) is 25.2 Å². The number of halogens is 3. The Labute approximate surface area is 159 Å². The smallest absolute Gasteiger partial charge is 0.334 e. The Kier molecular flexibility index (Phi) is 4.84. The summed E-state index contributed by atoms with van der Waals surface area (Å²) in [6, 6.07) is 3.35. The quantitative estimate of drug-likeness (QED) is 0.861. The first-order valence-electron chi connectivity index (χ1n) is 9.10. The van der Waals surface area contributed by atoms with E-state index in [1.54, 1.807) is 0 Å². The van der Waals surface area contributed by atoms with Crippen LogP contribution in [-0.4, -0.2) is 54.2 Å². The molecule has 1 unspecified atom stereocenters. The van der Waals surface area contributed by atoms with E-state index in [9.17, 15) is 18.0 Å². The van der Waals surface area contributed by atoms with Crippen molar-refractivity contribution in [2.24, 2.45) is 0 Å². The molecule has 2 aliphatic rings. The number of nitrogens with one attached hydrogen (secondary N) is 1. The highest BCUT2D eigenvalue weighted by atomic mass is 19.4. The molecule has 28 heavy (non-hydrogen) atoms. The fourth-order valence-corrected chi connectivity index (χ4v) is 3.56. The van der Waals surface area contributed by atoms with Crippen molar-refractivity contribution >= 4 is 11.6 Å². The Balaban J connectivity index is 1.72. The van der Waals surface area contributed by atoms with Crippen LogP contribution in [0.5, 0.6) is 0 Å². The Morgan fingerprint density at radius 1 is 1.25 bits per heavy atom. The van der Waals surface area contributed by atoms with Gasteiger partial charge in [0.2, 0.25) is 5.91 Å². The number of piperazine rings is 1. The molecule has 10 heteroatoms. The zero-order valence-electron chi connectivity index (χ0n) is 15.3. The first-order valence-corrected chi connectivity index (χ1v) is 9.10. The van der Waals surface area contributed by atoms with E-state index >= 15 is 0 Å². The third-order valence-corrected chi connectivity index (χ3v) is 5.13. The second-order valence-electron chi connectivity index (χ2n) is 7.07. The van der Waals surface area contributed by atoms with Crippen LogP contribution in [0.3, 0.4) is 0 Å². The second-order valence-corrected chi connectivity index (χ2v) is 7.07. The fraction of sp³-hybridized carbons (Fsp3) is 0.500. The average Bonchev–Trinajstić information content (AvgIpc) is 3.30. The molecule has 0 saturated carbocycles. The number of benzene rings is 1. The maximum atomic E-state index is 13.4. The lowest BCUT2D eigenvalue weighted by Gasteiger charge is -2.30. The van der Waals surface area contributed by atoms with Gasteiger partial charge in [0, 0.05) is 43.9 Å². The highest BCUT2D eigenvalue weighted by Gasteiger charge is 2.34. The summed E-state index contributed by atoms with van der Waals surface area (Å²) >= 11 is 0. The number of nitrogens with zero attached hydrogens (tertiary/aromatic N) is 4. The van der Waals surface area contributed by atoms with Crippen molar-refractivity contribution < 1.29 is 22.5 Å². The molecule has 2 fully saturated rings. The summed E-state index contributed by atoms with van der Waals surface area (Å²) in [4.78, 5) is 19.8. The van der Waals surface area contributed by atoms with Crippen molar-refractivity contribution in [3.63, 3.8) is 0 Å². The molecule has 0 bridgehead atoms. The number of carbonyl (C=O) groups is 1. The molecule has 3 heterocycles. The molecule has 1 aromatic carbocycles. The van der Waals surface area contributed by atoms with Gasteiger partial charge < -0.3 is 14.7 Å². The highest BCUT2D eigenvalue weighted by molar-refractivity contribution is 5.96. The molecule has 2 aromatic rings. The van der Waals surface area contributed by atoms with Crippen LogP contribution >= 0.6 is 0 Å². The van der Waals surface area contributed by atoms with Gasteiger partial charge in [-0.2, -0.15) is 18.2 Å². The molecule has 2 aliphatic heterocycles. The number of rotatable bonds is 3. The number of amides is 1. The van der Waals surface area contributed by atoms with E-state index in [1.807, 2.05) is 7.05 Å². The van der Waals surface area contributed by atoms with Gasteiger partial charge in [-0.15, -0.1) is 0 Å². The zero-order valence-corrected chi connectivity index (χ0v) is 15.3. The van der Waals surface area contributed by atoms with E-state index < -0.39 is 11.7 Å². The molecule has 4 rings (SSSR count). The van der Waals surface area contributed by atoms with E-state index in [2.05, 4.69) is 20.4 Å². The molecule has 150 valence electrons. The van der Waals surface area contributed by atoms with Crippen molar-refractivity contribution in [1.82, 2.24) is 20.4 Å². The molecule has 0 aliphatic carbocycles. The van der Waals surface area contributed by atoms with Gasteiger partial charge in [-0.3, -0.25) is 9.69 Å². The Morgan fingerprint density at radius 3 is 2.75 bits per heavy atom. The van der Waals surface area contributed by atoms with Gasteiger partial charge in [0.25, 0.3) is 5.89 Å². The number of alkyl halides is 3. The summed E-state index contributed by atoms with van der Waals surface area (Å²) in [5.41, 5.74) is -0.505. The van der Waals surface area contributed by atoms with E-state index in [4.69, 9.17) is 4.52 Å². The molecule has 7 nitrogen and oxygen atoms in total. The van der Waals surface area contributed by atoms with Crippen LogP contribution in [0, 0.1) is 0 Å². The van der Waals surface area contributed by atoms with Crippen LogP contribution in [0.25, 0.3) is 11.5 Å². The predicted molar refractivity (Wildman–Crippen MR) is 94.6 cm³/mol. The molecular formula is C18H20F3N5O2. The number of hydrogen-bond donors (Lipinski definition) is 1. The summed E-state index contributed by atoms with van der Waals surface area (Å²) in [7, 11) is 1.93. The lowest BCUT2D eigenvalue weighted by molar-refractivity contribution is -0.137. The standard InChI is InChI=1S/C18H20F3N5O2/c1-25-6-4-22-10-14(25)16-23-17(28-24-16)11-7-12(18(19,20)21)9-13(8-11)26-5-2-3-15(26)27/h7-9,14,22H,2-6,10H2,1H3. The maximum Gasteiger partial charge on any atom is 0.416 e. The maximum absolute atomic E-state index is 13.4. The minimum absolute atomic E-state index is 0.00738. The first kappa shape index (κ1) is 18.9. The van der Waals surface area contributed by atoms with Gasteiger partial charge in [-0.05, 0) is 31.7 Å². The number of aromatic nitrogens is 2. The van der Waals surface area contributed by atoms with Gasteiger partial charge in [-0.25, -0.2) is 0 Å². The Morgan fingerprint density at radius 2 is 2.07 bits per heavy atom. The van der Waals surface area contributed by atoms with Crippen molar-refractivity contribution in [2.45, 2.75) is 25.1 Å². The lowest BCUT2D eigenvalue weighted by Crippen LogP contribution is -2.44. The minimum Gasteiger partial charge on any atom is -0.334 e. The SMILES string of the molecule is CN1CCNCC1c1noc(-c2cc(N3CCCC3=O)cc(C(F)(F)F)c2)n1. The molecule has 0 radical (unpaired) electrons. The summed E-state index contributed by atoms with van der Waals surface area (Å²) in [5.74, 6) is 0.236. The van der Waals surface area contributed by atoms with E-state index in [-0.39, 0.29) is 29.1 Å². The van der Waals surface area contributed by atoms with Crippen molar-refractivity contribution in [3.8, 4) is 11.5 Å². The van der Waals surface area contributed by atoms with Gasteiger partial charge >= 0.3 is 6.18 Å². The monoisotopic (exact) mass is 395 g/mol. The van der Waals surface area contributed by atoms with Crippen LogP contribution in [-0.2, 0) is 11.0 Å². The van der Waals surface area contributed by atoms with Crippen LogP contribution in [0.4, 0.5) is 18.9 Å². The van der Waals surface area contributed by atoms with Crippen LogP contribution in [0.15, 0.2) is 22.7 Å². The second kappa shape index (κ2) is 7.17. The first-order chi connectivity index (χ1) is 13.3. The molecular weight excluding hydrogens is 375 g/mol. The van der Waals surface area contributed by atoms with Crippen molar-refractivity contribution in [2.75, 3.05) is 38.1 Å². The molecule has 1 aromatic heterocycles. The summed E-state index contributed by atoms with van der Waals surface area (Å²) in [6.07, 6.45) is -3.60. The van der Waals surface area contributed by atoms with Crippen molar-refractivity contribution in [1.29, 1.82) is 0 Å². The van der Waals surface area contributed by atoms with Gasteiger partial charge in [-0.1, -0.05) is 5.16 Å². The third-order valence-electron chi connectivity index (χ3n) is 5.13. The molecule has 1 atom stereocenters. The van der Waals surface area contributed by atoms with Crippen LogP contribution in [0.2, 0.25) is 0 Å². The lowest BCUT2D eigenvalue weighted by atomic mass is 10.1. The Hall–Kier alpha value is -2.46. The molecule has 0 spiro atoms. The van der Waals surface area contributed by atoms with Crippen molar-refractivity contribution in [3.05, 3.63) is 29.6 Å². The number of carbonyl (C=O) groups excluding carboxylic acids is 1. The topological polar surface area (TPSA) is 74.5 Å². The summed E-state index contributed by atoms with van der Waals surface area (Å²) in [6.45, 7) is 2.68. The van der Waals surface area contributed by atoms with Crippen LogP contribution in [0.1, 0.15) is 30.3 Å². The summed E-state index contributed by atoms with van der Waals surface area (Å²) in [5, 5.41) is 7.21. The predicted octanol–water partition coefficient (Wildman–Crippen LogP) is 2.46. The summed E-state index contributed by atoms with van der Waals surface area (Å²) < 4.78 is 45.5. The molecule has 1 amide bonds. The number of anilines is 1. The van der Waals surface area contributed by atoms with Gasteiger partial charge in [0.1, 0.15) is 0 Å². The van der Waals surface area contributed by atoms with E-state index in [0.29, 0.717) is 31.8 Å². The number of hydrogen-bond acceptors (Lipinski definition) is 6. The largest absolute Gasteiger partial charge is 0.416 e. The Bertz CT molecular complexity index is 882. The number of likely N-dealkylation sites (N-methyl/N-ethyl adjacent to an activating group) is 1. The fourth-order valence-electron chi connectivity index (χ4n) is 3.56. The zero-order chi connectivity index (χ0) is 19.9. The molecule has 2 saturated heterocycles. The minimum atomic E-state index is -4.55. The van der Waals surface area contributed by atoms with E-state index in [1.165, 1.54) is 11.0 Å².